The van der Waals surface area contributed by atoms with Crippen molar-refractivity contribution in [2.45, 2.75) is 19.1 Å². The second-order valence-electron chi connectivity index (χ2n) is 8.03. The summed E-state index contributed by atoms with van der Waals surface area (Å²) in [5.74, 6) is -1.13. The summed E-state index contributed by atoms with van der Waals surface area (Å²) in [6.07, 6.45) is -0.634. The van der Waals surface area contributed by atoms with Crippen LogP contribution in [0.3, 0.4) is 0 Å². The van der Waals surface area contributed by atoms with E-state index in [9.17, 15) is 19.2 Å². The molecule has 0 spiro atoms. The third kappa shape index (κ3) is 6.69. The van der Waals surface area contributed by atoms with E-state index in [1.807, 2.05) is 60.7 Å². The summed E-state index contributed by atoms with van der Waals surface area (Å²) in [7, 11) is 0. The van der Waals surface area contributed by atoms with Gasteiger partial charge >= 0.3 is 12.1 Å². The van der Waals surface area contributed by atoms with Crippen molar-refractivity contribution >= 4 is 29.4 Å². The molecule has 184 valence electrons. The molecule has 9 heteroatoms. The number of rotatable bonds is 9. The van der Waals surface area contributed by atoms with Gasteiger partial charge in [-0.25, -0.2) is 9.59 Å². The molecule has 1 heterocycles. The van der Waals surface area contributed by atoms with Gasteiger partial charge in [0.15, 0.2) is 19.0 Å². The Labute approximate surface area is 207 Å². The summed E-state index contributed by atoms with van der Waals surface area (Å²) in [5, 5.41) is 5.16. The average molecular weight is 488 g/mol. The van der Waals surface area contributed by atoms with E-state index in [0.29, 0.717) is 11.4 Å². The topological polar surface area (TPSA) is 120 Å². The standard InChI is InChI=1S/C27H24N2O7/c30-23(20-11-12-24-21(14-20)28-25(31)17-34-24)16-35-26(32)22(13-18-7-3-1-4-8-18)29-27(33)36-15-19-9-5-2-6-10-19/h1-12,14,22H,13,15-17H2,(H,28,31)(H,29,33)/t22-/m1/s1. The molecule has 3 aromatic carbocycles. The summed E-state index contributed by atoms with van der Waals surface area (Å²) >= 11 is 0. The molecular weight excluding hydrogens is 464 g/mol. The first-order valence-corrected chi connectivity index (χ1v) is 11.3. The number of ketones is 1. The summed E-state index contributed by atoms with van der Waals surface area (Å²) in [6, 6.07) is 21.7. The second kappa shape index (κ2) is 11.7. The Bertz CT molecular complexity index is 1250. The van der Waals surface area contributed by atoms with Crippen molar-refractivity contribution in [1.82, 2.24) is 5.32 Å². The van der Waals surface area contributed by atoms with Gasteiger partial charge in [0.05, 0.1) is 5.69 Å². The number of benzene rings is 3. The van der Waals surface area contributed by atoms with Crippen molar-refractivity contribution in [3.05, 3.63) is 95.6 Å². The molecule has 9 nitrogen and oxygen atoms in total. The van der Waals surface area contributed by atoms with Gasteiger partial charge in [0.1, 0.15) is 18.4 Å². The molecule has 2 N–H and O–H groups in total. The first-order valence-electron chi connectivity index (χ1n) is 11.3. The van der Waals surface area contributed by atoms with Crippen LogP contribution in [-0.2, 0) is 32.1 Å². The molecule has 0 aliphatic carbocycles. The average Bonchev–Trinajstić information content (AvgIpc) is 2.90. The predicted molar refractivity (Wildman–Crippen MR) is 130 cm³/mol. The number of carbonyl (C=O) groups is 4. The van der Waals surface area contributed by atoms with E-state index < -0.39 is 30.5 Å². The Kier molecular flexibility index (Phi) is 7.92. The first-order chi connectivity index (χ1) is 17.5. The first kappa shape index (κ1) is 24.5. The lowest BCUT2D eigenvalue weighted by Crippen LogP contribution is -2.44. The lowest BCUT2D eigenvalue weighted by molar-refractivity contribution is -0.144. The second-order valence-corrected chi connectivity index (χ2v) is 8.03. The third-order valence-electron chi connectivity index (χ3n) is 5.35. The van der Waals surface area contributed by atoms with Gasteiger partial charge in [0.2, 0.25) is 0 Å². The van der Waals surface area contributed by atoms with E-state index in [-0.39, 0.29) is 31.1 Å². The number of anilines is 1. The summed E-state index contributed by atoms with van der Waals surface area (Å²) in [4.78, 5) is 49.4. The molecule has 0 unspecified atom stereocenters. The lowest BCUT2D eigenvalue weighted by Gasteiger charge is -2.19. The maximum atomic E-state index is 12.8. The number of fused-ring (bicyclic) bond motifs is 1. The van der Waals surface area contributed by atoms with Gasteiger partial charge in [-0.3, -0.25) is 9.59 Å². The number of alkyl carbamates (subject to hydrolysis) is 1. The fraction of sp³-hybridized carbons (Fsp3) is 0.185. The minimum Gasteiger partial charge on any atom is -0.482 e. The van der Waals surface area contributed by atoms with Crippen LogP contribution < -0.4 is 15.4 Å². The van der Waals surface area contributed by atoms with Crippen LogP contribution >= 0.6 is 0 Å². The van der Waals surface area contributed by atoms with Crippen molar-refractivity contribution in [1.29, 1.82) is 0 Å². The van der Waals surface area contributed by atoms with Gasteiger partial charge in [-0.05, 0) is 29.3 Å². The molecule has 0 bridgehead atoms. The number of hydrogen-bond donors (Lipinski definition) is 2. The van der Waals surface area contributed by atoms with Crippen LogP contribution in [0.1, 0.15) is 21.5 Å². The third-order valence-corrected chi connectivity index (χ3v) is 5.35. The largest absolute Gasteiger partial charge is 0.482 e. The van der Waals surface area contributed by atoms with Crippen molar-refractivity contribution in [2.24, 2.45) is 0 Å². The Morgan fingerprint density at radius 3 is 2.33 bits per heavy atom. The summed E-state index contributed by atoms with van der Waals surface area (Å²) < 4.78 is 15.8. The molecule has 0 saturated carbocycles. The van der Waals surface area contributed by atoms with E-state index in [0.717, 1.165) is 11.1 Å². The molecule has 0 aromatic heterocycles. The van der Waals surface area contributed by atoms with Crippen molar-refractivity contribution in [3.8, 4) is 5.75 Å². The molecule has 3 aromatic rings. The Morgan fingerprint density at radius 2 is 1.61 bits per heavy atom. The predicted octanol–water partition coefficient (Wildman–Crippen LogP) is 3.28. The number of nitrogens with one attached hydrogen (secondary N) is 2. The molecule has 4 rings (SSSR count). The number of carbonyl (C=O) groups excluding carboxylic acids is 4. The Hall–Kier alpha value is -4.66. The van der Waals surface area contributed by atoms with Gasteiger partial charge in [-0.1, -0.05) is 60.7 Å². The van der Waals surface area contributed by atoms with Crippen LogP contribution in [0, 0.1) is 0 Å². The number of amides is 2. The van der Waals surface area contributed by atoms with Gasteiger partial charge in [-0.2, -0.15) is 0 Å². The van der Waals surface area contributed by atoms with E-state index >= 15 is 0 Å². The van der Waals surface area contributed by atoms with Crippen LogP contribution in [0.15, 0.2) is 78.9 Å². The van der Waals surface area contributed by atoms with Crippen molar-refractivity contribution in [2.75, 3.05) is 18.5 Å². The van der Waals surface area contributed by atoms with Crippen LogP contribution in [-0.4, -0.2) is 43.0 Å². The molecule has 0 radical (unpaired) electrons. The molecule has 1 atom stereocenters. The molecule has 2 amide bonds. The molecule has 0 fully saturated rings. The fourth-order valence-electron chi connectivity index (χ4n) is 3.53. The maximum Gasteiger partial charge on any atom is 0.408 e. The summed E-state index contributed by atoms with van der Waals surface area (Å²) in [5.41, 5.74) is 2.20. The van der Waals surface area contributed by atoms with Crippen molar-refractivity contribution < 1.29 is 33.4 Å². The van der Waals surface area contributed by atoms with E-state index in [4.69, 9.17) is 14.2 Å². The monoisotopic (exact) mass is 488 g/mol. The quantitative estimate of drug-likeness (QED) is 0.350. The normalized spacial score (nSPS) is 12.8. The smallest absolute Gasteiger partial charge is 0.408 e. The highest BCUT2D eigenvalue weighted by Crippen LogP contribution is 2.28. The van der Waals surface area contributed by atoms with Gasteiger partial charge < -0.3 is 24.8 Å². The Morgan fingerprint density at radius 1 is 0.917 bits per heavy atom. The van der Waals surface area contributed by atoms with E-state index in [2.05, 4.69) is 10.6 Å². The minimum absolute atomic E-state index is 0.0385. The molecule has 36 heavy (non-hydrogen) atoms. The van der Waals surface area contributed by atoms with E-state index in [1.54, 1.807) is 6.07 Å². The highest BCUT2D eigenvalue weighted by Gasteiger charge is 2.25. The van der Waals surface area contributed by atoms with Gasteiger partial charge in [0, 0.05) is 12.0 Å². The lowest BCUT2D eigenvalue weighted by atomic mass is 10.1. The van der Waals surface area contributed by atoms with Crippen molar-refractivity contribution in [3.63, 3.8) is 0 Å². The number of hydrogen-bond acceptors (Lipinski definition) is 7. The van der Waals surface area contributed by atoms with Crippen LogP contribution in [0.5, 0.6) is 5.75 Å². The van der Waals surface area contributed by atoms with E-state index in [1.165, 1.54) is 12.1 Å². The van der Waals surface area contributed by atoms with Crippen LogP contribution in [0.2, 0.25) is 0 Å². The maximum absolute atomic E-state index is 12.8. The minimum atomic E-state index is -1.07. The molecule has 1 aliphatic heterocycles. The van der Waals surface area contributed by atoms with Gasteiger partial charge in [0.25, 0.3) is 5.91 Å². The Balaban J connectivity index is 1.37. The van der Waals surface area contributed by atoms with Crippen LogP contribution in [0.25, 0.3) is 0 Å². The fourth-order valence-corrected chi connectivity index (χ4v) is 3.53. The highest BCUT2D eigenvalue weighted by atomic mass is 16.6. The van der Waals surface area contributed by atoms with Gasteiger partial charge in [-0.15, -0.1) is 0 Å². The van der Waals surface area contributed by atoms with Crippen LogP contribution in [0.4, 0.5) is 10.5 Å². The zero-order valence-corrected chi connectivity index (χ0v) is 19.3. The molecule has 1 aliphatic rings. The zero-order chi connectivity index (χ0) is 25.3. The number of ether oxygens (including phenoxy) is 3. The number of Topliss-reactive ketones (excluding diaryl/α,β-unsaturated/α-hetero) is 1. The summed E-state index contributed by atoms with van der Waals surface area (Å²) in [6.45, 7) is -0.600. The molecular formula is C27H24N2O7. The molecule has 0 saturated heterocycles. The highest BCUT2D eigenvalue weighted by molar-refractivity contribution is 6.02. The zero-order valence-electron chi connectivity index (χ0n) is 19.3. The number of esters is 1. The SMILES string of the molecule is O=C1COc2ccc(C(=O)COC(=O)[C@@H](Cc3ccccc3)NC(=O)OCc3ccccc3)cc2N1.